The smallest absolute Gasteiger partial charge is 0.200 e. The van der Waals surface area contributed by atoms with Gasteiger partial charge in [-0.1, -0.05) is 0 Å². The first kappa shape index (κ1) is 49.5. The molecule has 8 bridgehead atoms. The number of H-pyrrole nitrogens is 2. The fourth-order valence-electron chi connectivity index (χ4n) is 10.4. The molecule has 7 aromatic rings. The average molecular weight is 1070 g/mol. The molecule has 0 unspecified atom stereocenters. The van der Waals surface area contributed by atoms with Gasteiger partial charge in [-0.05, 0) is 42.8 Å². The Labute approximate surface area is 402 Å². The maximum Gasteiger partial charge on any atom is 0.200 e. The zero-order chi connectivity index (χ0) is 53.9. The maximum atomic E-state index is 16.4. The molecule has 0 saturated carbocycles. The van der Waals surface area contributed by atoms with E-state index in [1.54, 1.807) is 0 Å². The van der Waals surface area contributed by atoms with Gasteiger partial charge in [0, 0.05) is 75.3 Å². The van der Waals surface area contributed by atoms with Crippen molar-refractivity contribution in [1.29, 1.82) is 0 Å². The number of nitrogens with zero attached hydrogens (tertiary/aromatic N) is 3. The van der Waals surface area contributed by atoms with Crippen molar-refractivity contribution in [2.45, 2.75) is 30.4 Å². The molecule has 11 rings (SSSR count). The van der Waals surface area contributed by atoms with Crippen LogP contribution < -0.4 is 0 Å². The van der Waals surface area contributed by atoms with Crippen LogP contribution in [0.5, 0.6) is 0 Å². The van der Waals surface area contributed by atoms with E-state index in [2.05, 4.69) is 19.9 Å². The van der Waals surface area contributed by atoms with Crippen LogP contribution in [0, 0.1) is 116 Å². The molecular formula is C49H19F20N5O. The number of rotatable bonds is 4. The van der Waals surface area contributed by atoms with Crippen LogP contribution >= 0.6 is 0 Å². The number of fused-ring (bicyclic) bond motifs is 13. The van der Waals surface area contributed by atoms with Crippen molar-refractivity contribution in [3.8, 4) is 44.5 Å². The minimum Gasteiger partial charge on any atom is -0.392 e. The second kappa shape index (κ2) is 17.2. The third-order valence-corrected chi connectivity index (χ3v) is 13.6. The van der Waals surface area contributed by atoms with Gasteiger partial charge in [0.15, 0.2) is 93.1 Å². The number of hydrogen-bond donors (Lipinski definition) is 3. The lowest BCUT2D eigenvalue weighted by Crippen LogP contribution is -2.26. The molecule has 0 radical (unpaired) electrons. The van der Waals surface area contributed by atoms with Crippen molar-refractivity contribution >= 4 is 34.2 Å². The Hall–Kier alpha value is -7.74. The molecular weight excluding hydrogens is 1050 g/mol. The van der Waals surface area contributed by atoms with Gasteiger partial charge in [0.05, 0.1) is 51.1 Å². The number of aliphatic hydroxyl groups excluding tert-OH is 1. The molecule has 0 spiro atoms. The number of hydrogen-bond acceptors (Lipinski definition) is 4. The lowest BCUT2D eigenvalue weighted by molar-refractivity contribution is 0.176. The Kier molecular flexibility index (Phi) is 11.3. The molecule has 26 heteroatoms. The molecule has 7 heterocycles. The van der Waals surface area contributed by atoms with E-state index in [-0.39, 0.29) is 13.0 Å². The lowest BCUT2D eigenvalue weighted by Gasteiger charge is -2.21. The molecule has 2 fully saturated rings. The van der Waals surface area contributed by atoms with Gasteiger partial charge in [0.1, 0.15) is 0 Å². The van der Waals surface area contributed by atoms with Gasteiger partial charge >= 0.3 is 0 Å². The van der Waals surface area contributed by atoms with Crippen molar-refractivity contribution in [1.82, 2.24) is 24.8 Å². The topological polar surface area (TPSA) is 80.8 Å². The van der Waals surface area contributed by atoms with Crippen LogP contribution in [0.1, 0.15) is 41.0 Å². The van der Waals surface area contributed by atoms with E-state index in [0.717, 1.165) is 0 Å². The molecule has 4 aliphatic rings. The predicted molar refractivity (Wildman–Crippen MR) is 222 cm³/mol. The first-order valence-corrected chi connectivity index (χ1v) is 21.4. The Morgan fingerprint density at radius 3 is 1.09 bits per heavy atom. The van der Waals surface area contributed by atoms with Crippen LogP contribution in [0.4, 0.5) is 87.8 Å². The first-order valence-electron chi connectivity index (χ1n) is 21.4. The van der Waals surface area contributed by atoms with Gasteiger partial charge in [-0.15, -0.1) is 0 Å². The lowest BCUT2D eigenvalue weighted by atomic mass is 9.82. The van der Waals surface area contributed by atoms with E-state index in [0.29, 0.717) is 36.4 Å². The van der Waals surface area contributed by atoms with Crippen LogP contribution in [-0.4, -0.2) is 55.2 Å². The van der Waals surface area contributed by atoms with Crippen molar-refractivity contribution in [3.63, 3.8) is 0 Å². The number of aromatic amines is 2. The Balaban J connectivity index is 1.45. The maximum absolute atomic E-state index is 16.4. The molecule has 4 atom stereocenters. The molecule has 4 aliphatic heterocycles. The van der Waals surface area contributed by atoms with Crippen LogP contribution in [0.2, 0.25) is 0 Å². The standard InChI is InChI=1S/C49H19F20N5O/c50-28-24(29(51)37(59)44(66)36(28)58)20-12-1-2-13(70-12)21(25-30(52)38(60)45(67)39(61)31(25)53)15-4-6-17(72-15)23(27-34(56)42(64)47(69)43(65)35(27)57)49-19-11(9-74-8-10(75)7-18(19)74)48(73-49)22(16-5-3-14(20)71-16)26-32(54)40(62)46(68)41(63)33(26)55/h1-6,10-11,18-19,70,72,75H,7-9H2/t10-,11-,18-,19-/m1/s1. The summed E-state index contributed by atoms with van der Waals surface area (Å²) in [6.07, 6.45) is -0.316. The number of halogens is 20. The third kappa shape index (κ3) is 6.89. The van der Waals surface area contributed by atoms with Gasteiger partial charge in [-0.3, -0.25) is 9.88 Å². The molecule has 4 aromatic carbocycles. The number of aromatic nitrogens is 4. The zero-order valence-corrected chi connectivity index (χ0v) is 36.2. The molecule has 2 saturated heterocycles. The third-order valence-electron chi connectivity index (χ3n) is 13.6. The highest BCUT2D eigenvalue weighted by molar-refractivity contribution is 5.99. The molecule has 75 heavy (non-hydrogen) atoms. The van der Waals surface area contributed by atoms with Crippen molar-refractivity contribution in [2.24, 2.45) is 0 Å². The monoisotopic (exact) mass is 1070 g/mol. The van der Waals surface area contributed by atoms with Crippen LogP contribution in [-0.2, 0) is 0 Å². The highest BCUT2D eigenvalue weighted by atomic mass is 19.2. The summed E-state index contributed by atoms with van der Waals surface area (Å²) in [5, 5.41) is 10.8. The summed E-state index contributed by atoms with van der Waals surface area (Å²) in [6.45, 7) is -0.760. The SMILES string of the molecule is O[C@@H]1C[C@@H]2[C@@H]3c4nc(c(-c5c(F)c(F)c(F)c(F)c5F)c5nc(c(-c6c(F)c(F)c(F)c(F)c6F)c6ccc([nH]6)c(-c6c(F)c(F)c(F)c(F)c6F)c6ccc([nH]6)c4-c4c(F)c(F)c(F)c(F)c4F)C=C5)[C@@H]3CN2C1. The minimum absolute atomic E-state index is 0.281. The summed E-state index contributed by atoms with van der Waals surface area (Å²) in [7, 11) is 0. The van der Waals surface area contributed by atoms with Crippen molar-refractivity contribution in [2.75, 3.05) is 13.1 Å². The second-order valence-electron chi connectivity index (χ2n) is 17.5. The molecule has 0 amide bonds. The number of benzene rings is 4. The van der Waals surface area contributed by atoms with Gasteiger partial charge in [0.2, 0.25) is 23.3 Å². The summed E-state index contributed by atoms with van der Waals surface area (Å²) in [5.41, 5.74) is -19.8. The molecule has 386 valence electrons. The van der Waals surface area contributed by atoms with E-state index < -0.39 is 236 Å². The fraction of sp³-hybridized carbons (Fsp3) is 0.143. The molecule has 6 nitrogen and oxygen atoms in total. The van der Waals surface area contributed by atoms with E-state index in [1.165, 1.54) is 4.90 Å². The quantitative estimate of drug-likeness (QED) is 0.0932. The van der Waals surface area contributed by atoms with E-state index in [1.807, 2.05) is 0 Å². The summed E-state index contributed by atoms with van der Waals surface area (Å²) in [5.74, 6) is -55.8. The summed E-state index contributed by atoms with van der Waals surface area (Å²) < 4.78 is 311. The van der Waals surface area contributed by atoms with Gasteiger partial charge in [-0.25, -0.2) is 92.8 Å². The number of aliphatic hydroxyl groups is 1. The summed E-state index contributed by atoms with van der Waals surface area (Å²) in [6, 6.07) is 1.50. The van der Waals surface area contributed by atoms with Crippen LogP contribution in [0.3, 0.4) is 0 Å². The Bertz CT molecular complexity index is 3850. The largest absolute Gasteiger partial charge is 0.392 e. The zero-order valence-electron chi connectivity index (χ0n) is 36.2. The van der Waals surface area contributed by atoms with Crippen molar-refractivity contribution in [3.05, 3.63) is 163 Å². The van der Waals surface area contributed by atoms with Crippen LogP contribution in [0.25, 0.3) is 78.7 Å². The molecule has 3 aromatic heterocycles. The minimum atomic E-state index is -2.72. The number of nitrogens with one attached hydrogen (secondary N) is 2. The molecule has 3 N–H and O–H groups in total. The van der Waals surface area contributed by atoms with Gasteiger partial charge in [0.25, 0.3) is 0 Å². The Morgan fingerprint density at radius 2 is 0.680 bits per heavy atom. The van der Waals surface area contributed by atoms with E-state index in [4.69, 9.17) is 0 Å². The average Bonchev–Trinajstić information content (AvgIpc) is 4.29. The summed E-state index contributed by atoms with van der Waals surface area (Å²) >= 11 is 0. The fourth-order valence-corrected chi connectivity index (χ4v) is 10.4. The van der Waals surface area contributed by atoms with Gasteiger partial charge in [-0.2, -0.15) is 0 Å². The van der Waals surface area contributed by atoms with E-state index in [9.17, 15) is 22.7 Å². The summed E-state index contributed by atoms with van der Waals surface area (Å²) in [4.78, 5) is 14.6. The van der Waals surface area contributed by atoms with E-state index >= 15 is 70.2 Å². The van der Waals surface area contributed by atoms with Crippen molar-refractivity contribution < 1.29 is 92.9 Å². The first-order chi connectivity index (χ1) is 35.5. The molecule has 0 aliphatic carbocycles. The second-order valence-corrected chi connectivity index (χ2v) is 17.5. The normalized spacial score (nSPS) is 18.2. The Morgan fingerprint density at radius 1 is 0.360 bits per heavy atom. The van der Waals surface area contributed by atoms with Crippen LogP contribution in [0.15, 0.2) is 24.3 Å². The predicted octanol–water partition coefficient (Wildman–Crippen LogP) is 13.3. The highest BCUT2D eigenvalue weighted by Gasteiger charge is 2.54. The highest BCUT2D eigenvalue weighted by Crippen LogP contribution is 2.56. The van der Waals surface area contributed by atoms with Gasteiger partial charge < -0.3 is 15.1 Å².